The van der Waals surface area contributed by atoms with Gasteiger partial charge < -0.3 is 24.2 Å². The van der Waals surface area contributed by atoms with E-state index in [-0.39, 0.29) is 35.9 Å². The van der Waals surface area contributed by atoms with Crippen LogP contribution in [0.3, 0.4) is 0 Å². The van der Waals surface area contributed by atoms with Crippen LogP contribution in [0.5, 0.6) is 0 Å². The molecule has 7 aliphatic rings. The topological polar surface area (TPSA) is 157 Å². The SMILES string of the molecule is CC1(C)O[C@@H]2C[C@H]3[C@@H]4CC[C@H]5CC(=O)CC[C@]5(C)[C@@]4(F)[C@@H](O)C[C@]3(C)[C@]2(C(=O)CO)O1.C[S+](C)[O-].O=C1c2ccccc2CN2C(=O)c3ccccc3CN12. The van der Waals surface area contributed by atoms with Gasteiger partial charge in [-0.05, 0) is 87.0 Å². The number of alkyl halides is 1. The molecule has 0 spiro atoms. The summed E-state index contributed by atoms with van der Waals surface area (Å²) in [5, 5.41) is 24.4. The highest BCUT2D eigenvalue weighted by atomic mass is 32.2. The zero-order valence-corrected chi connectivity index (χ0v) is 33.3. The average Bonchev–Trinajstić information content (AvgIpc) is 3.54. The highest BCUT2D eigenvalue weighted by Crippen LogP contribution is 2.73. The van der Waals surface area contributed by atoms with E-state index in [1.807, 2.05) is 62.4 Å². The van der Waals surface area contributed by atoms with Crippen LogP contribution in [-0.4, -0.2) is 96.5 Å². The molecule has 9 rings (SSSR count). The fraction of sp³-hybridized carbons (Fsp3) is 0.619. The molecule has 0 unspecified atom stereocenters. The number of carbonyl (C=O) groups is 4. The first kappa shape index (κ1) is 40.0. The lowest BCUT2D eigenvalue weighted by molar-refractivity contribution is -0.269. The Labute approximate surface area is 325 Å². The van der Waals surface area contributed by atoms with Gasteiger partial charge in [0.2, 0.25) is 0 Å². The lowest BCUT2D eigenvalue weighted by Gasteiger charge is -2.65. The normalized spacial score (nSPS) is 37.8. The maximum absolute atomic E-state index is 17.2. The minimum atomic E-state index is -1.82. The second-order valence-corrected chi connectivity index (χ2v) is 19.0. The molecule has 2 aromatic rings. The van der Waals surface area contributed by atoms with Crippen LogP contribution in [0.15, 0.2) is 48.5 Å². The van der Waals surface area contributed by atoms with E-state index in [0.717, 1.165) is 17.5 Å². The van der Waals surface area contributed by atoms with Gasteiger partial charge in [0, 0.05) is 34.8 Å². The summed E-state index contributed by atoms with van der Waals surface area (Å²) in [6, 6.07) is 14.9. The molecule has 1 saturated heterocycles. The molecule has 4 aliphatic carbocycles. The predicted molar refractivity (Wildman–Crippen MR) is 201 cm³/mol. The van der Waals surface area contributed by atoms with Crippen molar-refractivity contribution >= 4 is 34.6 Å². The van der Waals surface area contributed by atoms with Gasteiger partial charge in [0.15, 0.2) is 17.2 Å². The molecule has 0 aromatic heterocycles. The number of halogens is 1. The van der Waals surface area contributed by atoms with Crippen molar-refractivity contribution in [3.63, 3.8) is 0 Å². The van der Waals surface area contributed by atoms with E-state index >= 15 is 4.39 Å². The van der Waals surface area contributed by atoms with Gasteiger partial charge in [-0.2, -0.15) is 0 Å². The summed E-state index contributed by atoms with van der Waals surface area (Å²) in [5.41, 5.74) is -1.64. The number of ether oxygens (including phenoxy) is 2. The summed E-state index contributed by atoms with van der Waals surface area (Å²) in [6.45, 7) is 7.56. The van der Waals surface area contributed by atoms with Gasteiger partial charge in [0.1, 0.15) is 18.1 Å². The molecule has 0 bridgehead atoms. The van der Waals surface area contributed by atoms with Gasteiger partial charge in [0.25, 0.3) is 11.8 Å². The number of aliphatic hydroxyl groups excluding tert-OH is 2. The minimum Gasteiger partial charge on any atom is -0.617 e. The Morgan fingerprint density at radius 1 is 0.909 bits per heavy atom. The third-order valence-corrected chi connectivity index (χ3v) is 14.0. The van der Waals surface area contributed by atoms with Crippen molar-refractivity contribution in [1.82, 2.24) is 10.0 Å². The maximum Gasteiger partial charge on any atom is 0.273 e. The number of benzene rings is 2. The Morgan fingerprint density at radius 3 is 2.00 bits per heavy atom. The van der Waals surface area contributed by atoms with Gasteiger partial charge in [-0.3, -0.25) is 19.2 Å². The van der Waals surface area contributed by atoms with E-state index in [1.54, 1.807) is 36.4 Å². The Bertz CT molecular complexity index is 1830. The third-order valence-electron chi connectivity index (χ3n) is 14.0. The molecule has 2 N–H and O–H groups in total. The Hall–Kier alpha value is -3.20. The maximum atomic E-state index is 17.2. The summed E-state index contributed by atoms with van der Waals surface area (Å²) in [6.07, 6.45) is 4.48. The smallest absolute Gasteiger partial charge is 0.273 e. The largest absolute Gasteiger partial charge is 0.617 e. The van der Waals surface area contributed by atoms with E-state index in [1.165, 1.54) is 0 Å². The molecule has 13 heteroatoms. The van der Waals surface area contributed by atoms with Crippen LogP contribution >= 0.6 is 0 Å². The predicted octanol–water partition coefficient (Wildman–Crippen LogP) is 4.93. The summed E-state index contributed by atoms with van der Waals surface area (Å²) in [7, 11) is 0. The number of carbonyl (C=O) groups excluding carboxylic acids is 4. The van der Waals surface area contributed by atoms with Gasteiger partial charge in [0.05, 0.1) is 37.8 Å². The lowest BCUT2D eigenvalue weighted by Crippen LogP contribution is -2.71. The summed E-state index contributed by atoms with van der Waals surface area (Å²) in [4.78, 5) is 50.4. The van der Waals surface area contributed by atoms with Crippen molar-refractivity contribution in [2.75, 3.05) is 19.1 Å². The van der Waals surface area contributed by atoms with Crippen LogP contribution in [0.2, 0.25) is 0 Å². The van der Waals surface area contributed by atoms with Crippen molar-refractivity contribution in [3.8, 4) is 0 Å². The monoisotopic (exact) mass is 780 g/mol. The molecule has 3 heterocycles. The summed E-state index contributed by atoms with van der Waals surface area (Å²) in [5.74, 6) is -2.18. The second kappa shape index (κ2) is 14.0. The first-order valence-corrected chi connectivity index (χ1v) is 21.3. The number of rotatable bonds is 2. The molecular weight excluding hydrogens is 728 g/mol. The number of ketones is 2. The van der Waals surface area contributed by atoms with Crippen LogP contribution in [-0.2, 0) is 43.3 Å². The van der Waals surface area contributed by atoms with E-state index in [9.17, 15) is 33.9 Å². The number of fused-ring (bicyclic) bond motifs is 10. The molecule has 3 aliphatic heterocycles. The third kappa shape index (κ3) is 6.02. The molecule has 0 radical (unpaired) electrons. The molecule has 2 amide bonds. The highest BCUT2D eigenvalue weighted by Gasteiger charge is 2.80. The van der Waals surface area contributed by atoms with Gasteiger partial charge in [-0.1, -0.05) is 61.4 Å². The van der Waals surface area contributed by atoms with Gasteiger partial charge >= 0.3 is 0 Å². The minimum absolute atomic E-state index is 0.0608. The Balaban J connectivity index is 0.000000166. The first-order chi connectivity index (χ1) is 25.8. The fourth-order valence-electron chi connectivity index (χ4n) is 11.6. The number of amides is 2. The van der Waals surface area contributed by atoms with Crippen LogP contribution in [0.25, 0.3) is 0 Å². The molecule has 2 aromatic carbocycles. The number of hydrogen-bond acceptors (Lipinski definition) is 9. The van der Waals surface area contributed by atoms with E-state index in [4.69, 9.17) is 9.47 Å². The van der Waals surface area contributed by atoms with Crippen LogP contribution in [0, 0.1) is 28.6 Å². The Kier molecular flexibility index (Phi) is 10.2. The number of Topliss-reactive ketones (excluding diaryl/α,β-unsaturated/α-hetero) is 2. The van der Waals surface area contributed by atoms with Gasteiger partial charge in [-0.15, -0.1) is 0 Å². The highest BCUT2D eigenvalue weighted by molar-refractivity contribution is 7.89. The van der Waals surface area contributed by atoms with Gasteiger partial charge in [-0.25, -0.2) is 14.4 Å². The number of hydrogen-bond donors (Lipinski definition) is 2. The van der Waals surface area contributed by atoms with Crippen molar-refractivity contribution in [2.45, 2.75) is 115 Å². The van der Waals surface area contributed by atoms with Crippen molar-refractivity contribution in [1.29, 1.82) is 0 Å². The van der Waals surface area contributed by atoms with Crippen molar-refractivity contribution in [3.05, 3.63) is 70.8 Å². The van der Waals surface area contributed by atoms with Crippen molar-refractivity contribution in [2.24, 2.45) is 28.6 Å². The lowest BCUT2D eigenvalue weighted by atomic mass is 9.42. The number of nitrogens with zero attached hydrogens (tertiary/aromatic N) is 2. The Morgan fingerprint density at radius 2 is 1.45 bits per heavy atom. The van der Waals surface area contributed by atoms with Crippen LogP contribution in [0.4, 0.5) is 4.39 Å². The zero-order chi connectivity index (χ0) is 39.9. The molecule has 55 heavy (non-hydrogen) atoms. The molecule has 9 atom stereocenters. The summed E-state index contributed by atoms with van der Waals surface area (Å²) < 4.78 is 39.2. The van der Waals surface area contributed by atoms with Crippen LogP contribution in [0.1, 0.15) is 104 Å². The molecule has 298 valence electrons. The first-order valence-electron chi connectivity index (χ1n) is 19.3. The number of aliphatic hydroxyl groups is 2. The average molecular weight is 781 g/mol. The van der Waals surface area contributed by atoms with E-state index < -0.39 is 69.6 Å². The fourth-order valence-corrected chi connectivity index (χ4v) is 11.6. The van der Waals surface area contributed by atoms with Crippen LogP contribution < -0.4 is 0 Å². The van der Waals surface area contributed by atoms with E-state index in [0.29, 0.717) is 56.3 Å². The zero-order valence-electron chi connectivity index (χ0n) is 32.5. The number of hydrazine groups is 1. The molecule has 11 nitrogen and oxygen atoms in total. The second-order valence-electron chi connectivity index (χ2n) is 17.5. The quantitative estimate of drug-likeness (QED) is 0.404. The molecule has 5 fully saturated rings. The van der Waals surface area contributed by atoms with E-state index in [2.05, 4.69) is 0 Å². The summed E-state index contributed by atoms with van der Waals surface area (Å²) >= 11 is -0.611. The van der Waals surface area contributed by atoms with Crippen molar-refractivity contribution < 1.29 is 47.8 Å². The standard InChI is InChI=1S/C24H35FO6.C16H12N2O2.C2H6OS/c1-20(2)30-19-10-16-15-6-5-13-9-14(27)7-8-21(13,3)23(15,25)17(28)11-22(16,4)24(19,31-20)18(29)12-26;19-15-13-7-3-1-5-11(13)9-17-16(20)14-8-4-2-6-12(14)10-18(15)17;1-4(2)3/h13,15-17,19,26,28H,5-12H2,1-4H3;1-8H,9-10H2;1-2H3/t13-,15-,16-,17-,19+,21-,22-,23-,24+;;/m0../s1. The molecular formula is C42H53FN2O9S. The molecule has 4 saturated carbocycles.